The molecule has 2 heteroatoms. The van der Waals surface area contributed by atoms with Gasteiger partial charge in [0.05, 0.1) is 0 Å². The van der Waals surface area contributed by atoms with E-state index in [-0.39, 0.29) is 0 Å². The normalized spacial score (nSPS) is 31.3. The molecule has 2 nitrogen and oxygen atoms in total. The molecule has 2 aliphatic carbocycles. The summed E-state index contributed by atoms with van der Waals surface area (Å²) in [4.78, 5) is 13.3. The van der Waals surface area contributed by atoms with E-state index in [1.807, 2.05) is 18.9 Å². The molecule has 2 rings (SSSR count). The van der Waals surface area contributed by atoms with Crippen LogP contribution in [0.1, 0.15) is 52.9 Å². The molecule has 2 atom stereocenters. The molecule has 0 N–H and O–H groups in total. The molecule has 0 aliphatic heterocycles. The van der Waals surface area contributed by atoms with Crippen LogP contribution in [0.2, 0.25) is 0 Å². The minimum absolute atomic E-state index is 0.307. The van der Waals surface area contributed by atoms with E-state index in [1.165, 1.54) is 25.7 Å². The van der Waals surface area contributed by atoms with E-state index in [0.29, 0.717) is 18.4 Å². The summed E-state index contributed by atoms with van der Waals surface area (Å²) in [6.45, 7) is 6.19. The van der Waals surface area contributed by atoms with Gasteiger partial charge < -0.3 is 4.90 Å². The van der Waals surface area contributed by atoms with Crippen LogP contribution < -0.4 is 0 Å². The molecule has 0 bridgehead atoms. The molecule has 2 aliphatic rings. The molecule has 15 heavy (non-hydrogen) atoms. The molecule has 1 amide bonds. The standard InChI is InChI=1S/C10H17NO.C3H8/c1-3-10(12)11(2)9-5-7-4-8(7)6-9;1-3-2/h7-9H,3-6H2,1-2H3;3H2,1-2H3. The number of hydrogen-bond acceptors (Lipinski definition) is 1. The zero-order valence-corrected chi connectivity index (χ0v) is 10.6. The van der Waals surface area contributed by atoms with Crippen molar-refractivity contribution in [3.8, 4) is 0 Å². The van der Waals surface area contributed by atoms with Gasteiger partial charge in [0.25, 0.3) is 0 Å². The molecule has 0 aromatic heterocycles. The first-order chi connectivity index (χ1) is 7.13. The third-order valence-electron chi connectivity index (χ3n) is 3.46. The SMILES string of the molecule is CCC.CCC(=O)N(C)C1CC2CC2C1. The molecule has 2 saturated carbocycles. The van der Waals surface area contributed by atoms with E-state index in [4.69, 9.17) is 0 Å². The highest BCUT2D eigenvalue weighted by molar-refractivity contribution is 5.75. The average molecular weight is 211 g/mol. The van der Waals surface area contributed by atoms with E-state index >= 15 is 0 Å². The Bertz CT molecular complexity index is 205. The lowest BCUT2D eigenvalue weighted by molar-refractivity contribution is -0.131. The number of carbonyl (C=O) groups excluding carboxylic acids is 1. The van der Waals surface area contributed by atoms with Gasteiger partial charge in [-0.3, -0.25) is 4.79 Å². The maximum atomic E-state index is 11.3. The van der Waals surface area contributed by atoms with Gasteiger partial charge >= 0.3 is 0 Å². The van der Waals surface area contributed by atoms with Gasteiger partial charge in [0.2, 0.25) is 5.91 Å². The quantitative estimate of drug-likeness (QED) is 0.687. The zero-order valence-electron chi connectivity index (χ0n) is 10.6. The second-order valence-electron chi connectivity index (χ2n) is 4.95. The third-order valence-corrected chi connectivity index (χ3v) is 3.46. The first kappa shape index (κ1) is 12.5. The molecule has 0 aromatic carbocycles. The number of hydrogen-bond donors (Lipinski definition) is 0. The van der Waals surface area contributed by atoms with Gasteiger partial charge in [-0.25, -0.2) is 0 Å². The van der Waals surface area contributed by atoms with Crippen LogP contribution in [-0.2, 0) is 4.79 Å². The Labute approximate surface area is 94.0 Å². The van der Waals surface area contributed by atoms with Crippen LogP contribution in [0.3, 0.4) is 0 Å². The highest BCUT2D eigenvalue weighted by atomic mass is 16.2. The van der Waals surface area contributed by atoms with Crippen molar-refractivity contribution in [2.75, 3.05) is 7.05 Å². The number of fused-ring (bicyclic) bond motifs is 1. The Kier molecular flexibility index (Phi) is 4.62. The topological polar surface area (TPSA) is 20.3 Å². The maximum absolute atomic E-state index is 11.3. The first-order valence-electron chi connectivity index (χ1n) is 6.39. The lowest BCUT2D eigenvalue weighted by Crippen LogP contribution is -2.35. The molecule has 0 heterocycles. The van der Waals surface area contributed by atoms with Gasteiger partial charge in [0.1, 0.15) is 0 Å². The third kappa shape index (κ3) is 3.22. The Morgan fingerprint density at radius 3 is 2.00 bits per heavy atom. The van der Waals surface area contributed by atoms with Gasteiger partial charge in [-0.05, 0) is 31.1 Å². The van der Waals surface area contributed by atoms with Gasteiger partial charge in [-0.15, -0.1) is 0 Å². The van der Waals surface area contributed by atoms with E-state index in [2.05, 4.69) is 13.8 Å². The van der Waals surface area contributed by atoms with E-state index in [1.54, 1.807) is 0 Å². The summed E-state index contributed by atoms with van der Waals surface area (Å²) >= 11 is 0. The van der Waals surface area contributed by atoms with Gasteiger partial charge in [0.15, 0.2) is 0 Å². The zero-order chi connectivity index (χ0) is 11.4. The summed E-state index contributed by atoms with van der Waals surface area (Å²) in [5, 5.41) is 0. The predicted molar refractivity (Wildman–Crippen MR) is 63.6 cm³/mol. The number of nitrogens with zero attached hydrogens (tertiary/aromatic N) is 1. The van der Waals surface area contributed by atoms with Crippen molar-refractivity contribution in [3.63, 3.8) is 0 Å². The second kappa shape index (κ2) is 5.53. The molecule has 88 valence electrons. The fourth-order valence-corrected chi connectivity index (χ4v) is 2.45. The molecule has 0 radical (unpaired) electrons. The van der Waals surface area contributed by atoms with Crippen molar-refractivity contribution in [2.24, 2.45) is 11.8 Å². The Balaban J connectivity index is 0.000000337. The molecular formula is C13H25NO. The minimum atomic E-state index is 0.307. The van der Waals surface area contributed by atoms with Crippen molar-refractivity contribution in [2.45, 2.75) is 58.9 Å². The van der Waals surface area contributed by atoms with Crippen molar-refractivity contribution in [1.82, 2.24) is 4.90 Å². The lowest BCUT2D eigenvalue weighted by atomic mass is 10.1. The Morgan fingerprint density at radius 1 is 1.13 bits per heavy atom. The van der Waals surface area contributed by atoms with Crippen molar-refractivity contribution in [3.05, 3.63) is 0 Å². The van der Waals surface area contributed by atoms with Crippen LogP contribution in [-0.4, -0.2) is 23.9 Å². The largest absolute Gasteiger partial charge is 0.343 e. The first-order valence-corrected chi connectivity index (χ1v) is 6.39. The van der Waals surface area contributed by atoms with Gasteiger partial charge in [-0.1, -0.05) is 27.2 Å². The van der Waals surface area contributed by atoms with Crippen LogP contribution in [0.15, 0.2) is 0 Å². The van der Waals surface area contributed by atoms with Crippen LogP contribution in [0.4, 0.5) is 0 Å². The van der Waals surface area contributed by atoms with Crippen molar-refractivity contribution in [1.29, 1.82) is 0 Å². The summed E-state index contributed by atoms with van der Waals surface area (Å²) in [6, 6.07) is 0.571. The fraction of sp³-hybridized carbons (Fsp3) is 0.923. The molecule has 2 fully saturated rings. The van der Waals surface area contributed by atoms with Crippen LogP contribution in [0.5, 0.6) is 0 Å². The monoisotopic (exact) mass is 211 g/mol. The number of rotatable bonds is 2. The van der Waals surface area contributed by atoms with Crippen LogP contribution in [0.25, 0.3) is 0 Å². The number of carbonyl (C=O) groups is 1. The second-order valence-corrected chi connectivity index (χ2v) is 4.95. The summed E-state index contributed by atoms with van der Waals surface area (Å²) in [5.41, 5.74) is 0. The summed E-state index contributed by atoms with van der Waals surface area (Å²) in [5.74, 6) is 2.26. The molecule has 0 aromatic rings. The average Bonchev–Trinajstić information content (AvgIpc) is 2.85. The van der Waals surface area contributed by atoms with Gasteiger partial charge in [0, 0.05) is 19.5 Å². The maximum Gasteiger partial charge on any atom is 0.222 e. The smallest absolute Gasteiger partial charge is 0.222 e. The highest BCUT2D eigenvalue weighted by Gasteiger charge is 2.47. The molecule has 2 unspecified atom stereocenters. The lowest BCUT2D eigenvalue weighted by Gasteiger charge is -2.25. The summed E-state index contributed by atoms with van der Waals surface area (Å²) < 4.78 is 0. The fourth-order valence-electron chi connectivity index (χ4n) is 2.45. The summed E-state index contributed by atoms with van der Waals surface area (Å²) in [6.07, 6.45) is 5.88. The van der Waals surface area contributed by atoms with E-state index in [9.17, 15) is 4.79 Å². The van der Waals surface area contributed by atoms with Crippen LogP contribution >= 0.6 is 0 Å². The molecular weight excluding hydrogens is 186 g/mol. The Hall–Kier alpha value is -0.530. The van der Waals surface area contributed by atoms with Gasteiger partial charge in [-0.2, -0.15) is 0 Å². The summed E-state index contributed by atoms with van der Waals surface area (Å²) in [7, 11) is 1.96. The Morgan fingerprint density at radius 2 is 1.60 bits per heavy atom. The van der Waals surface area contributed by atoms with Crippen LogP contribution in [0, 0.1) is 11.8 Å². The number of amides is 1. The predicted octanol–water partition coefficient (Wildman–Crippen LogP) is 3.07. The minimum Gasteiger partial charge on any atom is -0.343 e. The molecule has 0 spiro atoms. The van der Waals surface area contributed by atoms with Crippen molar-refractivity contribution >= 4 is 5.91 Å². The highest BCUT2D eigenvalue weighted by Crippen LogP contribution is 2.52. The van der Waals surface area contributed by atoms with E-state index < -0.39 is 0 Å². The molecule has 0 saturated heterocycles. The van der Waals surface area contributed by atoms with E-state index in [0.717, 1.165) is 11.8 Å². The van der Waals surface area contributed by atoms with Crippen molar-refractivity contribution < 1.29 is 4.79 Å².